The summed E-state index contributed by atoms with van der Waals surface area (Å²) in [7, 11) is -1.93. The highest BCUT2D eigenvalue weighted by Gasteiger charge is 2.34. The number of hydrogen-bond donors (Lipinski definition) is 2. The molecule has 2 aromatic carbocycles. The van der Waals surface area contributed by atoms with Crippen molar-refractivity contribution >= 4 is 33.2 Å². The second-order valence-corrected chi connectivity index (χ2v) is 9.04. The zero-order chi connectivity index (χ0) is 21.7. The summed E-state index contributed by atoms with van der Waals surface area (Å²) >= 11 is 0. The van der Waals surface area contributed by atoms with Gasteiger partial charge in [0.2, 0.25) is 15.9 Å². The monoisotopic (exact) mass is 431 g/mol. The van der Waals surface area contributed by atoms with Gasteiger partial charge in [-0.1, -0.05) is 18.6 Å². The zero-order valence-corrected chi connectivity index (χ0v) is 17.7. The van der Waals surface area contributed by atoms with E-state index in [2.05, 4.69) is 10.6 Å². The lowest BCUT2D eigenvalue weighted by Crippen LogP contribution is -2.49. The average Bonchev–Trinajstić information content (AvgIpc) is 2.74. The molecule has 1 aliphatic heterocycles. The first-order valence-corrected chi connectivity index (χ1v) is 11.5. The lowest BCUT2D eigenvalue weighted by atomic mass is 10.0. The fourth-order valence-electron chi connectivity index (χ4n) is 3.44. The molecule has 2 N–H and O–H groups in total. The Morgan fingerprint density at radius 1 is 1.03 bits per heavy atom. The Labute approximate surface area is 176 Å². The number of nitrogens with zero attached hydrogens (tertiary/aromatic N) is 1. The van der Waals surface area contributed by atoms with Gasteiger partial charge in [-0.25, -0.2) is 8.42 Å². The van der Waals surface area contributed by atoms with E-state index in [4.69, 9.17) is 4.74 Å². The van der Waals surface area contributed by atoms with Crippen LogP contribution in [0, 0.1) is 0 Å². The highest BCUT2D eigenvalue weighted by atomic mass is 32.2. The molecule has 0 spiro atoms. The lowest BCUT2D eigenvalue weighted by molar-refractivity contribution is -0.120. The van der Waals surface area contributed by atoms with E-state index in [1.165, 1.54) is 11.4 Å². The van der Waals surface area contributed by atoms with Gasteiger partial charge in [-0.15, -0.1) is 0 Å². The maximum absolute atomic E-state index is 12.6. The number of sulfonamides is 1. The van der Waals surface area contributed by atoms with Gasteiger partial charge in [-0.3, -0.25) is 9.59 Å². The van der Waals surface area contributed by atoms with Crippen molar-refractivity contribution in [3.63, 3.8) is 0 Å². The molecule has 1 heterocycles. The van der Waals surface area contributed by atoms with Gasteiger partial charge < -0.3 is 15.4 Å². The SMILES string of the molecule is COc1ccccc1NC(=O)c1ccc(NC(=O)C2CCCCN2S(C)(=O)=O)cc1. The summed E-state index contributed by atoms with van der Waals surface area (Å²) < 4.78 is 30.4. The number of methoxy groups -OCH3 is 1. The van der Waals surface area contributed by atoms with Crippen molar-refractivity contribution in [2.45, 2.75) is 25.3 Å². The van der Waals surface area contributed by atoms with Gasteiger partial charge in [0.1, 0.15) is 11.8 Å². The molecule has 0 aromatic heterocycles. The Morgan fingerprint density at radius 3 is 2.40 bits per heavy atom. The van der Waals surface area contributed by atoms with Crippen molar-refractivity contribution in [1.82, 2.24) is 4.31 Å². The van der Waals surface area contributed by atoms with Gasteiger partial charge >= 0.3 is 0 Å². The predicted octanol–water partition coefficient (Wildman–Crippen LogP) is 2.70. The van der Waals surface area contributed by atoms with Crippen LogP contribution in [0.3, 0.4) is 0 Å². The van der Waals surface area contributed by atoms with Gasteiger partial charge in [0.15, 0.2) is 0 Å². The van der Waals surface area contributed by atoms with Gasteiger partial charge in [-0.05, 0) is 49.2 Å². The van der Waals surface area contributed by atoms with E-state index in [1.54, 1.807) is 42.5 Å². The number of benzene rings is 2. The molecular weight excluding hydrogens is 406 g/mol. The minimum absolute atomic E-state index is 0.312. The number of rotatable bonds is 6. The molecule has 30 heavy (non-hydrogen) atoms. The van der Waals surface area contributed by atoms with Crippen molar-refractivity contribution in [2.24, 2.45) is 0 Å². The Kier molecular flexibility index (Phi) is 6.73. The standard InChI is InChI=1S/C21H25N3O5S/c1-29-19-9-4-3-7-17(19)23-20(25)15-10-12-16(13-11-15)22-21(26)18-8-5-6-14-24(18)30(2,27)28/h3-4,7,9-13,18H,5-6,8,14H2,1-2H3,(H,22,26)(H,23,25). The molecule has 0 radical (unpaired) electrons. The number of anilines is 2. The third-order valence-corrected chi connectivity index (χ3v) is 6.24. The summed E-state index contributed by atoms with van der Waals surface area (Å²) in [5.41, 5.74) is 1.46. The first kappa shape index (κ1) is 21.8. The molecule has 8 nitrogen and oxygen atoms in total. The van der Waals surface area contributed by atoms with Crippen LogP contribution in [0.4, 0.5) is 11.4 Å². The lowest BCUT2D eigenvalue weighted by Gasteiger charge is -2.32. The minimum atomic E-state index is -3.46. The van der Waals surface area contributed by atoms with Crippen molar-refractivity contribution in [3.05, 3.63) is 54.1 Å². The van der Waals surface area contributed by atoms with E-state index in [0.29, 0.717) is 35.7 Å². The number of nitrogens with one attached hydrogen (secondary N) is 2. The molecule has 1 fully saturated rings. The second kappa shape index (κ2) is 9.27. The van der Waals surface area contributed by atoms with Crippen LogP contribution in [-0.2, 0) is 14.8 Å². The van der Waals surface area contributed by atoms with Gasteiger partial charge in [0, 0.05) is 17.8 Å². The molecule has 2 aromatic rings. The molecular formula is C21H25N3O5S. The van der Waals surface area contributed by atoms with Crippen LogP contribution in [-0.4, -0.2) is 50.5 Å². The third-order valence-electron chi connectivity index (χ3n) is 4.95. The molecule has 0 bridgehead atoms. The fraction of sp³-hybridized carbons (Fsp3) is 0.333. The number of piperidine rings is 1. The summed E-state index contributed by atoms with van der Waals surface area (Å²) in [4.78, 5) is 25.1. The Bertz CT molecular complexity index is 1020. The van der Waals surface area contributed by atoms with Crippen molar-refractivity contribution in [2.75, 3.05) is 30.5 Å². The molecule has 160 valence electrons. The molecule has 1 saturated heterocycles. The molecule has 0 saturated carbocycles. The van der Waals surface area contributed by atoms with E-state index < -0.39 is 16.1 Å². The topological polar surface area (TPSA) is 105 Å². The zero-order valence-electron chi connectivity index (χ0n) is 16.9. The van der Waals surface area contributed by atoms with E-state index in [0.717, 1.165) is 19.1 Å². The van der Waals surface area contributed by atoms with Crippen LogP contribution in [0.15, 0.2) is 48.5 Å². The van der Waals surface area contributed by atoms with Gasteiger partial charge in [0.05, 0.1) is 19.1 Å². The first-order valence-electron chi connectivity index (χ1n) is 9.61. The summed E-state index contributed by atoms with van der Waals surface area (Å²) in [5.74, 6) is -0.128. The van der Waals surface area contributed by atoms with Crippen molar-refractivity contribution in [3.8, 4) is 5.75 Å². The van der Waals surface area contributed by atoms with Crippen LogP contribution >= 0.6 is 0 Å². The smallest absolute Gasteiger partial charge is 0.255 e. The minimum Gasteiger partial charge on any atom is -0.495 e. The number of carbonyl (C=O) groups is 2. The molecule has 9 heteroatoms. The Hall–Kier alpha value is -2.91. The van der Waals surface area contributed by atoms with E-state index in [1.807, 2.05) is 6.07 Å². The largest absolute Gasteiger partial charge is 0.495 e. The predicted molar refractivity (Wildman–Crippen MR) is 115 cm³/mol. The van der Waals surface area contributed by atoms with E-state index >= 15 is 0 Å². The Balaban J connectivity index is 1.66. The summed E-state index contributed by atoms with van der Waals surface area (Å²) in [6.07, 6.45) is 3.14. The van der Waals surface area contributed by atoms with Crippen molar-refractivity contribution in [1.29, 1.82) is 0 Å². The number of ether oxygens (including phenoxy) is 1. The molecule has 2 amide bonds. The average molecular weight is 432 g/mol. The van der Waals surface area contributed by atoms with Crippen LogP contribution in [0.2, 0.25) is 0 Å². The number of carbonyl (C=O) groups excluding carboxylic acids is 2. The first-order chi connectivity index (χ1) is 14.3. The van der Waals surface area contributed by atoms with Gasteiger partial charge in [-0.2, -0.15) is 4.31 Å². The molecule has 1 unspecified atom stereocenters. The Morgan fingerprint density at radius 2 is 1.73 bits per heavy atom. The van der Waals surface area contributed by atoms with Crippen molar-refractivity contribution < 1.29 is 22.7 Å². The summed E-state index contributed by atoms with van der Waals surface area (Å²) in [5, 5.41) is 5.54. The maximum Gasteiger partial charge on any atom is 0.255 e. The highest BCUT2D eigenvalue weighted by molar-refractivity contribution is 7.88. The number of hydrogen-bond acceptors (Lipinski definition) is 5. The van der Waals surface area contributed by atoms with Crippen LogP contribution in [0.25, 0.3) is 0 Å². The quantitative estimate of drug-likeness (QED) is 0.732. The van der Waals surface area contributed by atoms with Crippen LogP contribution in [0.1, 0.15) is 29.6 Å². The number of para-hydroxylation sites is 2. The molecule has 1 atom stereocenters. The molecule has 0 aliphatic carbocycles. The summed E-state index contributed by atoms with van der Waals surface area (Å²) in [6.45, 7) is 0.346. The maximum atomic E-state index is 12.6. The fourth-order valence-corrected chi connectivity index (χ4v) is 4.56. The third kappa shape index (κ3) is 5.17. The number of amides is 2. The summed E-state index contributed by atoms with van der Waals surface area (Å²) in [6, 6.07) is 12.8. The van der Waals surface area contributed by atoms with Crippen LogP contribution < -0.4 is 15.4 Å². The molecule has 1 aliphatic rings. The van der Waals surface area contributed by atoms with Gasteiger partial charge in [0.25, 0.3) is 5.91 Å². The van der Waals surface area contributed by atoms with E-state index in [9.17, 15) is 18.0 Å². The van der Waals surface area contributed by atoms with Crippen LogP contribution in [0.5, 0.6) is 5.75 Å². The normalized spacial score (nSPS) is 17.2. The van der Waals surface area contributed by atoms with E-state index in [-0.39, 0.29) is 11.8 Å². The second-order valence-electron chi connectivity index (χ2n) is 7.11. The highest BCUT2D eigenvalue weighted by Crippen LogP contribution is 2.24. The molecule has 3 rings (SSSR count).